The molecule has 0 bridgehead atoms. The Morgan fingerprint density at radius 3 is 2.30 bits per heavy atom. The van der Waals surface area contributed by atoms with Gasteiger partial charge in [-0.15, -0.1) is 0 Å². The van der Waals surface area contributed by atoms with E-state index < -0.39 is 5.97 Å². The zero-order valence-electron chi connectivity index (χ0n) is 16.7. The number of rotatable bonds is 9. The van der Waals surface area contributed by atoms with Gasteiger partial charge in [0.2, 0.25) is 0 Å². The number of nitrogens with zero attached hydrogens (tertiary/aromatic N) is 1. The topological polar surface area (TPSA) is 69.9 Å². The standard InChI is InChI=1S/C24H23NO5/c1-28-17-6-4-7-18(14-17)29-12-5-13-30-19-10-11-21-20-8-2-3-9-22(20)25(16-24(26)27)23(21)15-19/h2-4,6-11,14-15H,5,12-13,16H2,1H3,(H,26,27). The fourth-order valence-corrected chi connectivity index (χ4v) is 3.55. The van der Waals surface area contributed by atoms with E-state index in [9.17, 15) is 9.90 Å². The molecule has 6 heteroatoms. The number of benzene rings is 3. The first-order chi connectivity index (χ1) is 14.7. The van der Waals surface area contributed by atoms with Crippen LogP contribution in [0.15, 0.2) is 66.7 Å². The zero-order chi connectivity index (χ0) is 20.9. The molecule has 154 valence electrons. The summed E-state index contributed by atoms with van der Waals surface area (Å²) in [4.78, 5) is 11.4. The van der Waals surface area contributed by atoms with Gasteiger partial charge in [-0.1, -0.05) is 24.3 Å². The Bertz CT molecular complexity index is 1180. The van der Waals surface area contributed by atoms with Crippen LogP contribution in [-0.4, -0.2) is 36.0 Å². The van der Waals surface area contributed by atoms with Crippen molar-refractivity contribution in [3.8, 4) is 17.2 Å². The smallest absolute Gasteiger partial charge is 0.323 e. The molecule has 0 spiro atoms. The Hall–Kier alpha value is -3.67. The van der Waals surface area contributed by atoms with E-state index in [1.54, 1.807) is 7.11 Å². The molecule has 0 aliphatic heterocycles. The Morgan fingerprint density at radius 1 is 0.833 bits per heavy atom. The minimum atomic E-state index is -0.876. The highest BCUT2D eigenvalue weighted by atomic mass is 16.5. The molecule has 0 saturated heterocycles. The van der Waals surface area contributed by atoms with Gasteiger partial charge in [0, 0.05) is 34.8 Å². The fraction of sp³-hybridized carbons (Fsp3) is 0.208. The van der Waals surface area contributed by atoms with Crippen molar-refractivity contribution in [3.05, 3.63) is 66.7 Å². The van der Waals surface area contributed by atoms with Gasteiger partial charge in [-0.3, -0.25) is 4.79 Å². The van der Waals surface area contributed by atoms with Crippen LogP contribution in [0.2, 0.25) is 0 Å². The van der Waals surface area contributed by atoms with Gasteiger partial charge < -0.3 is 23.9 Å². The molecule has 4 rings (SSSR count). The number of aliphatic carboxylic acids is 1. The van der Waals surface area contributed by atoms with Crippen molar-refractivity contribution < 1.29 is 24.1 Å². The molecule has 0 aliphatic carbocycles. The van der Waals surface area contributed by atoms with Crippen molar-refractivity contribution in [2.75, 3.05) is 20.3 Å². The van der Waals surface area contributed by atoms with Crippen LogP contribution in [-0.2, 0) is 11.3 Å². The average Bonchev–Trinajstić information content (AvgIpc) is 3.06. The number of carboxylic acid groups (broad SMARTS) is 1. The molecule has 1 N–H and O–H groups in total. The molecular weight excluding hydrogens is 382 g/mol. The Labute approximate surface area is 174 Å². The summed E-state index contributed by atoms with van der Waals surface area (Å²) in [6.07, 6.45) is 0.716. The molecule has 0 saturated carbocycles. The number of methoxy groups -OCH3 is 1. The van der Waals surface area contributed by atoms with Crippen LogP contribution in [0.1, 0.15) is 6.42 Å². The maximum absolute atomic E-state index is 11.4. The highest BCUT2D eigenvalue weighted by Gasteiger charge is 2.13. The van der Waals surface area contributed by atoms with Crippen molar-refractivity contribution in [1.82, 2.24) is 4.57 Å². The van der Waals surface area contributed by atoms with E-state index in [1.165, 1.54) is 0 Å². The fourth-order valence-electron chi connectivity index (χ4n) is 3.55. The summed E-state index contributed by atoms with van der Waals surface area (Å²) < 4.78 is 18.6. The van der Waals surface area contributed by atoms with Gasteiger partial charge in [0.1, 0.15) is 23.8 Å². The Kier molecular flexibility index (Phi) is 5.75. The van der Waals surface area contributed by atoms with E-state index >= 15 is 0 Å². The second-order valence-corrected chi connectivity index (χ2v) is 6.91. The van der Waals surface area contributed by atoms with Crippen molar-refractivity contribution in [2.24, 2.45) is 0 Å². The van der Waals surface area contributed by atoms with Gasteiger partial charge in [-0.25, -0.2) is 0 Å². The Balaban J connectivity index is 1.43. The third kappa shape index (κ3) is 4.17. The molecule has 4 aromatic rings. The van der Waals surface area contributed by atoms with E-state index in [-0.39, 0.29) is 6.54 Å². The van der Waals surface area contributed by atoms with Gasteiger partial charge in [0.05, 0.1) is 25.8 Å². The number of aromatic nitrogens is 1. The lowest BCUT2D eigenvalue weighted by Gasteiger charge is -2.10. The first kappa shape index (κ1) is 19.6. The first-order valence-corrected chi connectivity index (χ1v) is 9.78. The summed E-state index contributed by atoms with van der Waals surface area (Å²) in [6, 6.07) is 21.1. The number of hydrogen-bond donors (Lipinski definition) is 1. The molecule has 0 amide bonds. The van der Waals surface area contributed by atoms with Crippen molar-refractivity contribution in [3.63, 3.8) is 0 Å². The van der Waals surface area contributed by atoms with E-state index in [0.29, 0.717) is 25.4 Å². The van der Waals surface area contributed by atoms with E-state index in [1.807, 2.05) is 71.3 Å². The first-order valence-electron chi connectivity index (χ1n) is 9.78. The SMILES string of the molecule is COc1cccc(OCCCOc2ccc3c4ccccc4n(CC(=O)O)c3c2)c1. The maximum atomic E-state index is 11.4. The summed E-state index contributed by atoms with van der Waals surface area (Å²) in [7, 11) is 1.62. The molecule has 0 aliphatic rings. The lowest BCUT2D eigenvalue weighted by molar-refractivity contribution is -0.137. The number of carbonyl (C=O) groups is 1. The van der Waals surface area contributed by atoms with Crippen LogP contribution in [0, 0.1) is 0 Å². The van der Waals surface area contributed by atoms with Crippen molar-refractivity contribution in [2.45, 2.75) is 13.0 Å². The molecule has 6 nitrogen and oxygen atoms in total. The lowest BCUT2D eigenvalue weighted by Crippen LogP contribution is -2.08. The van der Waals surface area contributed by atoms with Gasteiger partial charge in [0.15, 0.2) is 0 Å². The van der Waals surface area contributed by atoms with Crippen LogP contribution in [0.4, 0.5) is 0 Å². The number of fused-ring (bicyclic) bond motifs is 3. The van der Waals surface area contributed by atoms with Gasteiger partial charge >= 0.3 is 5.97 Å². The molecule has 0 unspecified atom stereocenters. The predicted molar refractivity (Wildman–Crippen MR) is 116 cm³/mol. The number of carboxylic acids is 1. The second-order valence-electron chi connectivity index (χ2n) is 6.91. The van der Waals surface area contributed by atoms with E-state index in [0.717, 1.165) is 33.3 Å². The maximum Gasteiger partial charge on any atom is 0.323 e. The van der Waals surface area contributed by atoms with Crippen LogP contribution in [0.5, 0.6) is 17.2 Å². The monoisotopic (exact) mass is 405 g/mol. The van der Waals surface area contributed by atoms with Gasteiger partial charge in [-0.2, -0.15) is 0 Å². The van der Waals surface area contributed by atoms with E-state index in [4.69, 9.17) is 14.2 Å². The average molecular weight is 405 g/mol. The van der Waals surface area contributed by atoms with Crippen molar-refractivity contribution >= 4 is 27.8 Å². The largest absolute Gasteiger partial charge is 0.497 e. The van der Waals surface area contributed by atoms with E-state index in [2.05, 4.69) is 0 Å². The highest BCUT2D eigenvalue weighted by Crippen LogP contribution is 2.31. The van der Waals surface area contributed by atoms with Crippen LogP contribution < -0.4 is 14.2 Å². The highest BCUT2D eigenvalue weighted by molar-refractivity contribution is 6.08. The van der Waals surface area contributed by atoms with Crippen molar-refractivity contribution in [1.29, 1.82) is 0 Å². The molecule has 3 aromatic carbocycles. The molecule has 30 heavy (non-hydrogen) atoms. The summed E-state index contributed by atoms with van der Waals surface area (Å²) in [6.45, 7) is 0.922. The number of ether oxygens (including phenoxy) is 3. The zero-order valence-corrected chi connectivity index (χ0v) is 16.7. The quantitative estimate of drug-likeness (QED) is 0.408. The normalized spacial score (nSPS) is 11.0. The summed E-state index contributed by atoms with van der Waals surface area (Å²) >= 11 is 0. The minimum Gasteiger partial charge on any atom is -0.497 e. The van der Waals surface area contributed by atoms with Gasteiger partial charge in [-0.05, 0) is 30.3 Å². The molecule has 0 fully saturated rings. The molecule has 1 heterocycles. The number of hydrogen-bond acceptors (Lipinski definition) is 4. The summed E-state index contributed by atoms with van der Waals surface area (Å²) in [5.74, 6) is 1.35. The van der Waals surface area contributed by atoms with Crippen LogP contribution in [0.25, 0.3) is 21.8 Å². The third-order valence-corrected chi connectivity index (χ3v) is 4.91. The molecular formula is C24H23NO5. The van der Waals surface area contributed by atoms with Gasteiger partial charge in [0.25, 0.3) is 0 Å². The molecule has 0 atom stereocenters. The number of para-hydroxylation sites is 1. The second kappa shape index (κ2) is 8.78. The molecule has 0 radical (unpaired) electrons. The van der Waals surface area contributed by atoms with Crippen LogP contribution in [0.3, 0.4) is 0 Å². The van der Waals surface area contributed by atoms with Crippen LogP contribution >= 0.6 is 0 Å². The summed E-state index contributed by atoms with van der Waals surface area (Å²) in [5.41, 5.74) is 1.75. The third-order valence-electron chi connectivity index (χ3n) is 4.91. The summed E-state index contributed by atoms with van der Waals surface area (Å²) in [5, 5.41) is 11.4. The minimum absolute atomic E-state index is 0.0954. The lowest BCUT2D eigenvalue weighted by atomic mass is 10.1. The predicted octanol–water partition coefficient (Wildman–Crippen LogP) is 4.74. The molecule has 1 aromatic heterocycles. The Morgan fingerprint density at radius 2 is 1.53 bits per heavy atom.